The van der Waals surface area contributed by atoms with Crippen molar-refractivity contribution in [3.63, 3.8) is 0 Å². The summed E-state index contributed by atoms with van der Waals surface area (Å²) in [6.07, 6.45) is 0. The first-order valence-electron chi connectivity index (χ1n) is 6.74. The van der Waals surface area contributed by atoms with Gasteiger partial charge in [-0.3, -0.25) is 4.79 Å². The second kappa shape index (κ2) is 6.58. The van der Waals surface area contributed by atoms with E-state index < -0.39 is 5.91 Å². The highest BCUT2D eigenvalue weighted by Crippen LogP contribution is 2.18. The predicted molar refractivity (Wildman–Crippen MR) is 82.3 cm³/mol. The molecular weight excluding hydrogens is 321 g/mol. The van der Waals surface area contributed by atoms with Gasteiger partial charge in [0.15, 0.2) is 0 Å². The number of benzene rings is 2. The van der Waals surface area contributed by atoms with Crippen LogP contribution >= 0.6 is 11.6 Å². The van der Waals surface area contributed by atoms with Crippen LogP contribution in [0.1, 0.15) is 16.2 Å². The molecule has 23 heavy (non-hydrogen) atoms. The number of rotatable bonds is 4. The molecule has 7 heteroatoms. The number of halogens is 2. The van der Waals surface area contributed by atoms with Crippen molar-refractivity contribution in [1.82, 2.24) is 15.5 Å². The summed E-state index contributed by atoms with van der Waals surface area (Å²) in [4.78, 5) is 12.0. The maximum absolute atomic E-state index is 12.9. The van der Waals surface area contributed by atoms with E-state index >= 15 is 0 Å². The van der Waals surface area contributed by atoms with Crippen molar-refractivity contribution >= 4 is 17.5 Å². The van der Waals surface area contributed by atoms with Crippen molar-refractivity contribution in [3.05, 3.63) is 70.8 Å². The number of hydrogen-bond acceptors (Lipinski definition) is 4. The Morgan fingerprint density at radius 3 is 2.61 bits per heavy atom. The van der Waals surface area contributed by atoms with Crippen LogP contribution in [-0.2, 0) is 6.54 Å². The van der Waals surface area contributed by atoms with Gasteiger partial charge in [-0.05, 0) is 35.9 Å². The van der Waals surface area contributed by atoms with Gasteiger partial charge in [0.2, 0.25) is 5.89 Å². The van der Waals surface area contributed by atoms with Gasteiger partial charge in [0, 0.05) is 17.1 Å². The number of aromatic nitrogens is 2. The molecule has 3 aromatic rings. The molecule has 0 unspecified atom stereocenters. The smallest absolute Gasteiger partial charge is 0.309 e. The average molecular weight is 332 g/mol. The largest absolute Gasteiger partial charge is 0.412 e. The lowest BCUT2D eigenvalue weighted by Gasteiger charge is -2.04. The summed E-state index contributed by atoms with van der Waals surface area (Å²) in [5, 5.41) is 10.7. The van der Waals surface area contributed by atoms with E-state index in [9.17, 15) is 9.18 Å². The van der Waals surface area contributed by atoms with Gasteiger partial charge in [-0.25, -0.2) is 4.39 Å². The van der Waals surface area contributed by atoms with Crippen LogP contribution in [0.15, 0.2) is 52.9 Å². The molecule has 0 aliphatic rings. The van der Waals surface area contributed by atoms with E-state index in [0.717, 1.165) is 5.56 Å². The normalized spacial score (nSPS) is 10.5. The standard InChI is InChI=1S/C16H11ClFN3O2/c17-13-4-2-1-3-11(13)9-19-14(22)16-21-20-15(23-16)10-5-7-12(18)8-6-10/h1-8H,9H2,(H,19,22). The minimum absolute atomic E-state index is 0.146. The Bertz CT molecular complexity index is 833. The topological polar surface area (TPSA) is 68.0 Å². The van der Waals surface area contributed by atoms with E-state index in [4.69, 9.17) is 16.0 Å². The molecule has 1 aromatic heterocycles. The van der Waals surface area contributed by atoms with E-state index in [1.54, 1.807) is 18.2 Å². The Balaban J connectivity index is 1.69. The van der Waals surface area contributed by atoms with Crippen molar-refractivity contribution in [1.29, 1.82) is 0 Å². The molecule has 1 amide bonds. The van der Waals surface area contributed by atoms with Crippen LogP contribution in [0.2, 0.25) is 5.02 Å². The van der Waals surface area contributed by atoms with Gasteiger partial charge in [-0.1, -0.05) is 29.8 Å². The molecule has 0 saturated carbocycles. The van der Waals surface area contributed by atoms with Crippen molar-refractivity contribution < 1.29 is 13.6 Å². The molecule has 0 spiro atoms. The summed E-state index contributed by atoms with van der Waals surface area (Å²) < 4.78 is 18.2. The molecular formula is C16H11ClFN3O2. The van der Waals surface area contributed by atoms with Crippen LogP contribution in [-0.4, -0.2) is 16.1 Å². The molecule has 0 aliphatic carbocycles. The number of carbonyl (C=O) groups excluding carboxylic acids is 1. The third-order valence-electron chi connectivity index (χ3n) is 3.11. The fourth-order valence-corrected chi connectivity index (χ4v) is 2.12. The molecule has 5 nitrogen and oxygen atoms in total. The fraction of sp³-hybridized carbons (Fsp3) is 0.0625. The highest BCUT2D eigenvalue weighted by atomic mass is 35.5. The molecule has 0 fully saturated rings. The molecule has 1 heterocycles. The van der Waals surface area contributed by atoms with Crippen LogP contribution in [0.4, 0.5) is 4.39 Å². The second-order valence-corrected chi connectivity index (χ2v) is 5.10. The fourth-order valence-electron chi connectivity index (χ4n) is 1.92. The third-order valence-corrected chi connectivity index (χ3v) is 3.48. The first-order chi connectivity index (χ1) is 11.1. The summed E-state index contributed by atoms with van der Waals surface area (Å²) in [5.41, 5.74) is 1.31. The predicted octanol–water partition coefficient (Wildman–Crippen LogP) is 3.46. The highest BCUT2D eigenvalue weighted by molar-refractivity contribution is 6.31. The molecule has 3 rings (SSSR count). The number of nitrogens with zero attached hydrogens (tertiary/aromatic N) is 2. The SMILES string of the molecule is O=C(NCc1ccccc1Cl)c1nnc(-c2ccc(F)cc2)o1. The lowest BCUT2D eigenvalue weighted by atomic mass is 10.2. The van der Waals surface area contributed by atoms with Crippen LogP contribution in [0.5, 0.6) is 0 Å². The van der Waals surface area contributed by atoms with Gasteiger partial charge in [-0.15, -0.1) is 10.2 Å². The average Bonchev–Trinajstić information content (AvgIpc) is 3.04. The summed E-state index contributed by atoms with van der Waals surface area (Å²) in [6.45, 7) is 0.243. The zero-order chi connectivity index (χ0) is 16.2. The van der Waals surface area contributed by atoms with E-state index in [1.165, 1.54) is 24.3 Å². The highest BCUT2D eigenvalue weighted by Gasteiger charge is 2.16. The maximum Gasteiger partial charge on any atom is 0.309 e. The Hall–Kier alpha value is -2.73. The van der Waals surface area contributed by atoms with Crippen molar-refractivity contribution in [2.75, 3.05) is 0 Å². The number of hydrogen-bond donors (Lipinski definition) is 1. The van der Waals surface area contributed by atoms with Crippen LogP contribution in [0, 0.1) is 5.82 Å². The number of amides is 1. The minimum atomic E-state index is -0.509. The van der Waals surface area contributed by atoms with Gasteiger partial charge >= 0.3 is 11.8 Å². The van der Waals surface area contributed by atoms with Gasteiger partial charge in [0.25, 0.3) is 0 Å². The summed E-state index contributed by atoms with van der Waals surface area (Å²) in [6, 6.07) is 12.7. The van der Waals surface area contributed by atoms with E-state index in [1.807, 2.05) is 6.07 Å². The maximum atomic E-state index is 12.9. The Morgan fingerprint density at radius 1 is 1.13 bits per heavy atom. The van der Waals surface area contributed by atoms with E-state index in [0.29, 0.717) is 10.6 Å². The molecule has 116 valence electrons. The van der Waals surface area contributed by atoms with Gasteiger partial charge in [0.1, 0.15) is 5.82 Å². The molecule has 1 N–H and O–H groups in total. The van der Waals surface area contributed by atoms with Gasteiger partial charge in [0.05, 0.1) is 0 Å². The zero-order valence-electron chi connectivity index (χ0n) is 11.8. The second-order valence-electron chi connectivity index (χ2n) is 4.69. The molecule has 0 aliphatic heterocycles. The quantitative estimate of drug-likeness (QED) is 0.795. The molecule has 0 bridgehead atoms. The monoisotopic (exact) mass is 331 g/mol. The molecule has 0 saturated heterocycles. The summed E-state index contributed by atoms with van der Waals surface area (Å²) in [5.74, 6) is -0.902. The van der Waals surface area contributed by atoms with Crippen LogP contribution in [0.25, 0.3) is 11.5 Å². The van der Waals surface area contributed by atoms with E-state index in [2.05, 4.69) is 15.5 Å². The van der Waals surface area contributed by atoms with Crippen LogP contribution < -0.4 is 5.32 Å². The molecule has 0 radical (unpaired) electrons. The Kier molecular flexibility index (Phi) is 4.34. The first kappa shape index (κ1) is 15.2. The first-order valence-corrected chi connectivity index (χ1v) is 7.12. The van der Waals surface area contributed by atoms with Crippen molar-refractivity contribution in [2.24, 2.45) is 0 Å². The summed E-state index contributed by atoms with van der Waals surface area (Å²) in [7, 11) is 0. The lowest BCUT2D eigenvalue weighted by Crippen LogP contribution is -2.23. The van der Waals surface area contributed by atoms with E-state index in [-0.39, 0.29) is 24.1 Å². The number of carbonyl (C=O) groups is 1. The molecule has 2 aromatic carbocycles. The zero-order valence-corrected chi connectivity index (χ0v) is 12.5. The van der Waals surface area contributed by atoms with Crippen molar-refractivity contribution in [3.8, 4) is 11.5 Å². The van der Waals surface area contributed by atoms with Crippen LogP contribution in [0.3, 0.4) is 0 Å². The lowest BCUT2D eigenvalue weighted by molar-refractivity contribution is 0.0917. The van der Waals surface area contributed by atoms with Gasteiger partial charge in [-0.2, -0.15) is 0 Å². The Labute approximate surface area is 136 Å². The third kappa shape index (κ3) is 3.54. The Morgan fingerprint density at radius 2 is 1.87 bits per heavy atom. The van der Waals surface area contributed by atoms with Gasteiger partial charge < -0.3 is 9.73 Å². The minimum Gasteiger partial charge on any atom is -0.412 e. The number of nitrogens with one attached hydrogen (secondary N) is 1. The summed E-state index contributed by atoms with van der Waals surface area (Å²) >= 11 is 6.02. The molecule has 0 atom stereocenters. The van der Waals surface area contributed by atoms with Crippen molar-refractivity contribution in [2.45, 2.75) is 6.54 Å².